The Balaban J connectivity index is 1.50. The van der Waals surface area contributed by atoms with Crippen molar-refractivity contribution in [1.29, 1.82) is 0 Å². The molecule has 1 spiro atoms. The molecule has 2 unspecified atom stereocenters. The molecule has 1 aromatic carbocycles. The molecule has 1 aromatic heterocycles. The molecule has 3 aliphatic rings. The van der Waals surface area contributed by atoms with Gasteiger partial charge in [-0.2, -0.15) is 0 Å². The van der Waals surface area contributed by atoms with Crippen molar-refractivity contribution in [1.82, 2.24) is 9.97 Å². The molecule has 7 nitrogen and oxygen atoms in total. The van der Waals surface area contributed by atoms with Crippen LogP contribution in [0.5, 0.6) is 0 Å². The topological polar surface area (TPSA) is 102 Å². The first-order valence-electron chi connectivity index (χ1n) is 11.4. The number of aryl methyl sites for hydroxylation is 1. The average Bonchev–Trinajstić information content (AvgIpc) is 2.99. The quantitative estimate of drug-likeness (QED) is 0.675. The van der Waals surface area contributed by atoms with Gasteiger partial charge < -0.3 is 20.5 Å². The minimum Gasteiger partial charge on any atom is -0.367 e. The van der Waals surface area contributed by atoms with Gasteiger partial charge in [-0.3, -0.25) is 4.79 Å². The summed E-state index contributed by atoms with van der Waals surface area (Å²) >= 11 is 12.7. The van der Waals surface area contributed by atoms with Crippen molar-refractivity contribution >= 4 is 34.8 Å². The number of aliphatic hydroxyl groups excluding tert-OH is 1. The maximum atomic E-state index is 12.3. The Morgan fingerprint density at radius 2 is 1.97 bits per heavy atom. The Bertz CT molecular complexity index is 1100. The third kappa shape index (κ3) is 3.74. The van der Waals surface area contributed by atoms with Crippen molar-refractivity contribution in [2.75, 3.05) is 24.6 Å². The van der Waals surface area contributed by atoms with Crippen molar-refractivity contribution in [3.05, 3.63) is 39.6 Å². The number of ether oxygens (including phenoxy) is 1. The molecule has 1 aliphatic carbocycles. The number of aromatic nitrogens is 2. The second-order valence-electron chi connectivity index (χ2n) is 9.61. The zero-order valence-corrected chi connectivity index (χ0v) is 20.2. The molecule has 1 saturated carbocycles. The predicted octanol–water partition coefficient (Wildman–Crippen LogP) is 3.71. The predicted molar refractivity (Wildman–Crippen MR) is 128 cm³/mol. The van der Waals surface area contributed by atoms with E-state index in [2.05, 4.69) is 4.90 Å². The monoisotopic (exact) mass is 490 g/mol. The number of halogens is 2. The number of nitrogens with two attached hydrogens (primary N) is 1. The van der Waals surface area contributed by atoms with Gasteiger partial charge in [-0.05, 0) is 31.2 Å². The zero-order valence-electron chi connectivity index (χ0n) is 18.7. The first kappa shape index (κ1) is 23.0. The van der Waals surface area contributed by atoms with Crippen LogP contribution in [0.1, 0.15) is 43.5 Å². The Kier molecular flexibility index (Phi) is 5.90. The van der Waals surface area contributed by atoms with E-state index in [1.807, 2.05) is 26.0 Å². The number of hydrogen-bond acceptors (Lipinski definition) is 7. The Morgan fingerprint density at radius 1 is 1.24 bits per heavy atom. The van der Waals surface area contributed by atoms with Gasteiger partial charge in [0, 0.05) is 37.0 Å². The lowest BCUT2D eigenvalue weighted by Crippen LogP contribution is -2.49. The summed E-state index contributed by atoms with van der Waals surface area (Å²) < 4.78 is 5.24. The minimum atomic E-state index is -0.915. The fraction of sp³-hybridized carbons (Fsp3) is 0.542. The van der Waals surface area contributed by atoms with Gasteiger partial charge in [-0.15, -0.1) is 0 Å². The molecule has 9 heteroatoms. The van der Waals surface area contributed by atoms with E-state index in [-0.39, 0.29) is 29.1 Å². The molecule has 0 radical (unpaired) electrons. The summed E-state index contributed by atoms with van der Waals surface area (Å²) in [7, 11) is 0. The van der Waals surface area contributed by atoms with Gasteiger partial charge in [-0.1, -0.05) is 42.3 Å². The number of anilines is 1. The molecule has 2 aliphatic heterocycles. The molecular formula is C24H28Cl2N4O3. The van der Waals surface area contributed by atoms with E-state index >= 15 is 0 Å². The van der Waals surface area contributed by atoms with Crippen LogP contribution in [0.2, 0.25) is 10.0 Å². The number of nitrogens with zero attached hydrogens (tertiary/aromatic N) is 3. The largest absolute Gasteiger partial charge is 0.367 e. The van der Waals surface area contributed by atoms with Gasteiger partial charge in [0.1, 0.15) is 5.78 Å². The lowest BCUT2D eigenvalue weighted by Gasteiger charge is -2.43. The van der Waals surface area contributed by atoms with Gasteiger partial charge >= 0.3 is 0 Å². The third-order valence-electron chi connectivity index (χ3n) is 7.77. The summed E-state index contributed by atoms with van der Waals surface area (Å²) in [6, 6.07) is 5.33. The summed E-state index contributed by atoms with van der Waals surface area (Å²) in [6.07, 6.45) is 1.30. The van der Waals surface area contributed by atoms with Crippen LogP contribution in [0, 0.1) is 18.3 Å². The second-order valence-corrected chi connectivity index (χ2v) is 10.4. The number of rotatable bonds is 3. The lowest BCUT2D eigenvalue weighted by atomic mass is 9.73. The van der Waals surface area contributed by atoms with Crippen LogP contribution in [0.25, 0.3) is 11.3 Å². The Labute approximate surface area is 203 Å². The lowest BCUT2D eigenvalue weighted by molar-refractivity contribution is -0.203. The molecule has 5 rings (SSSR count). The highest BCUT2D eigenvalue weighted by Crippen LogP contribution is 2.47. The summed E-state index contributed by atoms with van der Waals surface area (Å²) in [6.45, 7) is 5.69. The normalized spacial score (nSPS) is 28.9. The molecule has 0 amide bonds. The number of aliphatic hydroxyl groups is 1. The van der Waals surface area contributed by atoms with Gasteiger partial charge in [0.15, 0.2) is 12.1 Å². The summed E-state index contributed by atoms with van der Waals surface area (Å²) in [5, 5.41) is 11.1. The standard InChI is InChI=1S/C24H28Cl2N4O3/c1-12-17(31)10-24(21(12)27)6-8-30(9-7-24)22-20(15-11-33-23(15)32)29-19(13(2)28-22)14-4-3-5-16(25)18(14)26/h3-5,12,15,21,23,32H,6-11,27H2,1-2H3/t12-,15?,21+,23?/m1/s1. The maximum Gasteiger partial charge on any atom is 0.165 e. The molecular weight excluding hydrogens is 463 g/mol. The van der Waals surface area contributed by atoms with Gasteiger partial charge in [0.25, 0.3) is 0 Å². The second kappa shape index (κ2) is 8.47. The van der Waals surface area contributed by atoms with Crippen molar-refractivity contribution in [2.24, 2.45) is 17.1 Å². The molecule has 4 atom stereocenters. The van der Waals surface area contributed by atoms with Crippen LogP contribution in [-0.4, -0.2) is 52.9 Å². The number of benzene rings is 1. The van der Waals surface area contributed by atoms with Gasteiger partial charge in [0.2, 0.25) is 0 Å². The molecule has 33 heavy (non-hydrogen) atoms. The Morgan fingerprint density at radius 3 is 2.55 bits per heavy atom. The van der Waals surface area contributed by atoms with Crippen molar-refractivity contribution in [3.8, 4) is 11.3 Å². The summed E-state index contributed by atoms with van der Waals surface area (Å²) in [5.74, 6) is 0.668. The van der Waals surface area contributed by atoms with Crippen LogP contribution in [-0.2, 0) is 9.53 Å². The number of carbonyl (C=O) groups is 1. The van der Waals surface area contributed by atoms with Crippen LogP contribution >= 0.6 is 23.2 Å². The van der Waals surface area contributed by atoms with Crippen LogP contribution in [0.15, 0.2) is 18.2 Å². The fourth-order valence-corrected chi connectivity index (χ4v) is 5.86. The molecule has 3 heterocycles. The molecule has 2 aromatic rings. The zero-order chi connectivity index (χ0) is 23.5. The van der Waals surface area contributed by atoms with Gasteiger partial charge in [-0.25, -0.2) is 9.97 Å². The number of piperidine rings is 1. The molecule has 3 N–H and O–H groups in total. The van der Waals surface area contributed by atoms with E-state index in [0.717, 1.165) is 37.4 Å². The van der Waals surface area contributed by atoms with Gasteiger partial charge in [0.05, 0.1) is 39.7 Å². The number of hydrogen-bond donors (Lipinski definition) is 2. The fourth-order valence-electron chi connectivity index (χ4n) is 5.47. The highest BCUT2D eigenvalue weighted by Gasteiger charge is 2.51. The Hall–Kier alpha value is -1.77. The highest BCUT2D eigenvalue weighted by molar-refractivity contribution is 6.43. The van der Waals surface area contributed by atoms with E-state index in [1.165, 1.54) is 0 Å². The molecule has 176 valence electrons. The average molecular weight is 491 g/mol. The van der Waals surface area contributed by atoms with Crippen LogP contribution in [0.3, 0.4) is 0 Å². The molecule has 3 fully saturated rings. The van der Waals surface area contributed by atoms with Crippen LogP contribution < -0.4 is 10.6 Å². The van der Waals surface area contributed by atoms with Crippen molar-refractivity contribution in [3.63, 3.8) is 0 Å². The van der Waals surface area contributed by atoms with Crippen LogP contribution in [0.4, 0.5) is 5.82 Å². The smallest absolute Gasteiger partial charge is 0.165 e. The highest BCUT2D eigenvalue weighted by atomic mass is 35.5. The van der Waals surface area contributed by atoms with E-state index < -0.39 is 6.29 Å². The first-order chi connectivity index (χ1) is 15.7. The molecule has 2 saturated heterocycles. The van der Waals surface area contributed by atoms with Crippen molar-refractivity contribution in [2.45, 2.75) is 51.4 Å². The van der Waals surface area contributed by atoms with Crippen molar-refractivity contribution < 1.29 is 14.6 Å². The van der Waals surface area contributed by atoms with E-state index in [0.29, 0.717) is 40.0 Å². The SMILES string of the molecule is Cc1nc(N2CCC3(CC2)CC(=O)[C@@H](C)[C@@H]3N)c(C2COC2O)nc1-c1cccc(Cl)c1Cl. The number of carbonyl (C=O) groups excluding carboxylic acids is 1. The first-order valence-corrected chi connectivity index (χ1v) is 12.1. The minimum absolute atomic E-state index is 0.0850. The third-order valence-corrected chi connectivity index (χ3v) is 8.58. The molecule has 0 bridgehead atoms. The number of ketones is 1. The van der Waals surface area contributed by atoms with E-state index in [4.69, 9.17) is 43.6 Å². The number of Topliss-reactive ketones (excluding diaryl/α,β-unsaturated/α-hetero) is 1. The summed E-state index contributed by atoms with van der Waals surface area (Å²) in [5.41, 5.74) is 9.13. The van der Waals surface area contributed by atoms with E-state index in [1.54, 1.807) is 6.07 Å². The van der Waals surface area contributed by atoms with E-state index in [9.17, 15) is 9.90 Å². The summed E-state index contributed by atoms with van der Waals surface area (Å²) in [4.78, 5) is 24.4. The maximum absolute atomic E-state index is 12.3.